The molecule has 7 aromatic rings. The normalized spacial score (nSPS) is 13.6. The summed E-state index contributed by atoms with van der Waals surface area (Å²) in [7, 11) is 0. The van der Waals surface area contributed by atoms with E-state index < -0.39 is 0 Å². The van der Waals surface area contributed by atoms with Gasteiger partial charge >= 0.3 is 99.2 Å². The molecule has 7 aromatic carbocycles. The van der Waals surface area contributed by atoms with Gasteiger partial charge in [0, 0.05) is 0 Å². The van der Waals surface area contributed by atoms with Crippen molar-refractivity contribution in [3.63, 3.8) is 0 Å². The number of benzene rings is 6. The second kappa shape index (κ2) is 20.0. The number of allylic oxidation sites excluding steroid dienone is 4. The van der Waals surface area contributed by atoms with Crippen molar-refractivity contribution >= 4 is 24.8 Å². The average molecular weight is 893 g/mol. The third-order valence-corrected chi connectivity index (χ3v) is 12.1. The van der Waals surface area contributed by atoms with Crippen LogP contribution in [0.5, 0.6) is 0 Å². The van der Waals surface area contributed by atoms with E-state index in [0.29, 0.717) is 11.3 Å². The van der Waals surface area contributed by atoms with Crippen molar-refractivity contribution in [2.45, 2.75) is 80.1 Å². The molecule has 8 rings (SSSR count). The zero-order valence-corrected chi connectivity index (χ0v) is 40.4. The fourth-order valence-electron chi connectivity index (χ4n) is 7.49. The number of hydrogen-bond donors (Lipinski definition) is 0. The molecule has 0 saturated carbocycles. The molecule has 0 radical (unpaired) electrons. The van der Waals surface area contributed by atoms with Crippen LogP contribution in [-0.2, 0) is 35.1 Å². The molecule has 0 spiro atoms. The summed E-state index contributed by atoms with van der Waals surface area (Å²) in [5.74, 6) is 0.522. The molecule has 0 N–H and O–H groups in total. The molecule has 0 nitrogen and oxygen atoms in total. The second-order valence-corrected chi connectivity index (χ2v) is 19.7. The van der Waals surface area contributed by atoms with Gasteiger partial charge in [-0.15, -0.1) is 39.7 Å². The van der Waals surface area contributed by atoms with E-state index in [1.54, 1.807) is 0 Å². The summed E-state index contributed by atoms with van der Waals surface area (Å²) in [6.45, 7) is 22.8. The van der Waals surface area contributed by atoms with E-state index in [0.717, 1.165) is 0 Å². The maximum atomic E-state index is 3.26. The Morgan fingerprint density at radius 1 is 0.508 bits per heavy atom. The summed E-state index contributed by atoms with van der Waals surface area (Å²) < 4.78 is 1.42. The standard InChI is InChI=1S/C33H33.C13H10.C10H15.2ClH.Zr/c1-32(2,3)30-20-26-24(18-28(30)22-13-9-7-10-14-22)17-25-19-29(23-15-11-8-12-16-23)31(21-27(25)26)33(4,5)6;1-3-7-12(8-4-1)11-13-9-5-2-6-10-13;1-8-5-6-9(7-8)10(2,3)4;;;/h7-21H,1-6H3;1-10H;6-8H,1-4H3;2*1H;/q-1;;-1;;;+2/p-2. The quantitative estimate of drug-likeness (QED) is 0.155. The van der Waals surface area contributed by atoms with Crippen LogP contribution in [0.2, 0.25) is 0 Å². The first kappa shape index (κ1) is 47.7. The average Bonchev–Trinajstić information content (AvgIpc) is 3.81. The molecule has 1 aliphatic rings. The molecule has 0 fully saturated rings. The van der Waals surface area contributed by atoms with Gasteiger partial charge in [0.25, 0.3) is 0 Å². The van der Waals surface area contributed by atoms with Gasteiger partial charge in [0.2, 0.25) is 0 Å². The Balaban J connectivity index is 0.000000243. The van der Waals surface area contributed by atoms with E-state index in [2.05, 4.69) is 239 Å². The minimum absolute atomic E-state index is 0. The van der Waals surface area contributed by atoms with E-state index in [1.807, 2.05) is 0 Å². The molecular weight excluding hydrogens is 835 g/mol. The predicted octanol–water partition coefficient (Wildman–Crippen LogP) is 9.42. The van der Waals surface area contributed by atoms with Crippen molar-refractivity contribution in [2.24, 2.45) is 11.3 Å². The molecule has 0 heterocycles. The van der Waals surface area contributed by atoms with Gasteiger partial charge in [0.1, 0.15) is 0 Å². The Hall–Kier alpha value is -4.00. The van der Waals surface area contributed by atoms with E-state index in [-0.39, 0.29) is 35.6 Å². The van der Waals surface area contributed by atoms with Crippen LogP contribution in [0, 0.1) is 17.4 Å². The van der Waals surface area contributed by atoms with Crippen molar-refractivity contribution in [3.8, 4) is 22.3 Å². The number of hydrogen-bond acceptors (Lipinski definition) is 0. The molecule has 302 valence electrons. The second-order valence-electron chi connectivity index (χ2n) is 18.4. The van der Waals surface area contributed by atoms with Gasteiger partial charge in [-0.3, -0.25) is 6.08 Å². The van der Waals surface area contributed by atoms with E-state index >= 15 is 0 Å². The van der Waals surface area contributed by atoms with Crippen LogP contribution < -0.4 is 24.8 Å². The molecule has 0 amide bonds. The summed E-state index contributed by atoms with van der Waals surface area (Å²) in [5.41, 5.74) is 12.5. The van der Waals surface area contributed by atoms with E-state index in [4.69, 9.17) is 0 Å². The third-order valence-electron chi connectivity index (χ3n) is 10.7. The zero-order chi connectivity index (χ0) is 41.0. The monoisotopic (exact) mass is 890 g/mol. The SMILES string of the molecule is CC(C)(C)c1cc2c(cc1-c1ccccc1)[cH-]c1cc(-c3ccccc3)c(C(C)(C)C)cc12.CC1[C-]=CC(C(C)(C)C)=C1.[Cl-].[Cl-].[Zr+2]=[C](c1ccccc1)c1ccccc1. The van der Waals surface area contributed by atoms with Gasteiger partial charge in [-0.1, -0.05) is 153 Å². The molecule has 59 heavy (non-hydrogen) atoms. The van der Waals surface area contributed by atoms with Crippen LogP contribution in [0.4, 0.5) is 0 Å². The van der Waals surface area contributed by atoms with Gasteiger partial charge in [-0.05, 0) is 44.2 Å². The number of fused-ring (bicyclic) bond motifs is 3. The molecular formula is C56H58Cl2Zr-2. The summed E-state index contributed by atoms with van der Waals surface area (Å²) in [6, 6.07) is 54.8. The summed E-state index contributed by atoms with van der Waals surface area (Å²) >= 11 is 1.46. The number of rotatable bonds is 4. The first-order valence-corrected chi connectivity index (χ1v) is 21.6. The molecule has 0 bridgehead atoms. The van der Waals surface area contributed by atoms with Crippen molar-refractivity contribution in [3.05, 3.63) is 198 Å². The first-order valence-electron chi connectivity index (χ1n) is 20.3. The third kappa shape index (κ3) is 11.9. The Labute approximate surface area is 382 Å². The first-order chi connectivity index (χ1) is 27.0. The molecule has 0 aliphatic heterocycles. The summed E-state index contributed by atoms with van der Waals surface area (Å²) in [4.78, 5) is 0. The Bertz CT molecular complexity index is 2350. The van der Waals surface area contributed by atoms with Crippen LogP contribution in [0.1, 0.15) is 91.5 Å². The van der Waals surface area contributed by atoms with E-state index in [1.165, 1.54) is 99.1 Å². The van der Waals surface area contributed by atoms with Crippen molar-refractivity contribution < 1.29 is 49.0 Å². The molecule has 1 aliphatic carbocycles. The minimum atomic E-state index is 0. The van der Waals surface area contributed by atoms with Crippen molar-refractivity contribution in [2.75, 3.05) is 0 Å². The Morgan fingerprint density at radius 3 is 1.15 bits per heavy atom. The summed E-state index contributed by atoms with van der Waals surface area (Å²) in [5, 5.41) is 5.36. The Kier molecular flexibility index (Phi) is 16.2. The molecule has 1 atom stereocenters. The topological polar surface area (TPSA) is 0 Å². The zero-order valence-electron chi connectivity index (χ0n) is 36.4. The molecule has 0 saturated heterocycles. The van der Waals surface area contributed by atoms with Crippen molar-refractivity contribution in [1.29, 1.82) is 0 Å². The predicted molar refractivity (Wildman–Crippen MR) is 246 cm³/mol. The maximum absolute atomic E-state index is 3.26. The van der Waals surface area contributed by atoms with Gasteiger partial charge in [0.15, 0.2) is 0 Å². The molecule has 3 heteroatoms. The molecule has 1 unspecified atom stereocenters. The fourth-order valence-corrected chi connectivity index (χ4v) is 8.31. The fraction of sp³-hybridized carbons (Fsp3) is 0.250. The van der Waals surface area contributed by atoms with Gasteiger partial charge in [0.05, 0.1) is 0 Å². The van der Waals surface area contributed by atoms with Crippen LogP contribution in [0.3, 0.4) is 0 Å². The summed E-state index contributed by atoms with van der Waals surface area (Å²) in [6.07, 6.45) is 7.65. The van der Waals surface area contributed by atoms with Crippen LogP contribution in [0.15, 0.2) is 169 Å². The number of halogens is 2. The van der Waals surface area contributed by atoms with Crippen LogP contribution in [0.25, 0.3) is 43.8 Å². The van der Waals surface area contributed by atoms with Crippen LogP contribution >= 0.6 is 0 Å². The van der Waals surface area contributed by atoms with Gasteiger partial charge < -0.3 is 24.8 Å². The molecule has 0 aromatic heterocycles. The van der Waals surface area contributed by atoms with Crippen LogP contribution in [-0.4, -0.2) is 3.21 Å². The van der Waals surface area contributed by atoms with E-state index in [9.17, 15) is 0 Å². The van der Waals surface area contributed by atoms with Crippen molar-refractivity contribution in [1.82, 2.24) is 0 Å². The van der Waals surface area contributed by atoms with Gasteiger partial charge in [-0.2, -0.15) is 11.6 Å². The van der Waals surface area contributed by atoms with Gasteiger partial charge in [-0.25, -0.2) is 6.08 Å². The Morgan fingerprint density at radius 2 is 0.864 bits per heavy atom.